The molecule has 0 amide bonds. The maximum atomic E-state index is 13.3. The molecule has 6 nitrogen and oxygen atoms in total. The summed E-state index contributed by atoms with van der Waals surface area (Å²) in [6.07, 6.45) is -1.75. The van der Waals surface area contributed by atoms with E-state index in [1.54, 1.807) is 48.5 Å². The van der Waals surface area contributed by atoms with Gasteiger partial charge in [-0.2, -0.15) is 4.68 Å². The van der Waals surface area contributed by atoms with Gasteiger partial charge in [0.25, 0.3) is 0 Å². The molecule has 1 heterocycles. The number of nitrogens with zero attached hydrogens (tertiary/aromatic N) is 2. The number of ether oxygens (including phenoxy) is 1. The lowest BCUT2D eigenvalue weighted by Crippen LogP contribution is -2.28. The molecule has 4 rings (SSSR count). The summed E-state index contributed by atoms with van der Waals surface area (Å²) in [5, 5.41) is 14.6. The van der Waals surface area contributed by atoms with Crippen molar-refractivity contribution in [3.8, 4) is 11.5 Å². The van der Waals surface area contributed by atoms with Gasteiger partial charge in [-0.15, -0.1) is 5.10 Å². The van der Waals surface area contributed by atoms with E-state index in [-0.39, 0.29) is 19.0 Å². The van der Waals surface area contributed by atoms with Crippen molar-refractivity contribution < 1.29 is 23.0 Å². The van der Waals surface area contributed by atoms with Crippen molar-refractivity contribution in [3.63, 3.8) is 0 Å². The Morgan fingerprint density at radius 2 is 1.47 bits per heavy atom. The lowest BCUT2D eigenvalue weighted by molar-refractivity contribution is -0.00262. The van der Waals surface area contributed by atoms with E-state index in [0.717, 1.165) is 4.68 Å². The molecule has 0 radical (unpaired) electrons. The molecule has 1 unspecified atom stereocenters. The van der Waals surface area contributed by atoms with Crippen LogP contribution in [0.5, 0.6) is 0 Å². The van der Waals surface area contributed by atoms with Crippen LogP contribution in [0.25, 0.3) is 11.5 Å². The topological polar surface area (TPSA) is 77.5 Å². The first-order valence-corrected chi connectivity index (χ1v) is 9.93. The highest BCUT2D eigenvalue weighted by Crippen LogP contribution is 2.27. The van der Waals surface area contributed by atoms with Gasteiger partial charge in [-0.05, 0) is 47.5 Å². The van der Waals surface area contributed by atoms with Gasteiger partial charge in [0.1, 0.15) is 17.7 Å². The van der Waals surface area contributed by atoms with Crippen LogP contribution in [-0.4, -0.2) is 27.6 Å². The van der Waals surface area contributed by atoms with Gasteiger partial charge in [0.2, 0.25) is 5.89 Å². The van der Waals surface area contributed by atoms with Crippen LogP contribution in [0.3, 0.4) is 0 Å². The van der Waals surface area contributed by atoms with Crippen LogP contribution in [0, 0.1) is 11.6 Å². The summed E-state index contributed by atoms with van der Waals surface area (Å²) >= 11 is 0. The fourth-order valence-electron chi connectivity index (χ4n) is 3.24. The number of aliphatic hydroxyl groups excluding tert-OH is 1. The average Bonchev–Trinajstić information content (AvgIpc) is 3.17. The molecular formula is C24H20F2N2O4. The first-order chi connectivity index (χ1) is 15.5. The average molecular weight is 438 g/mol. The third-order valence-electron chi connectivity index (χ3n) is 4.81. The Balaban J connectivity index is 1.47. The zero-order chi connectivity index (χ0) is 22.5. The number of benzene rings is 3. The normalized spacial score (nSPS) is 12.2. The predicted octanol–water partition coefficient (Wildman–Crippen LogP) is 3.95. The van der Waals surface area contributed by atoms with Gasteiger partial charge < -0.3 is 14.3 Å². The zero-order valence-electron chi connectivity index (χ0n) is 16.9. The SMILES string of the molecule is O=c1oc(-c2ccccc2)nn1CC(O)COC(c1ccc(F)cc1)c1ccc(F)cc1. The lowest BCUT2D eigenvalue weighted by Gasteiger charge is -2.21. The Kier molecular flexibility index (Phi) is 6.53. The molecular weight excluding hydrogens is 418 g/mol. The second-order valence-electron chi connectivity index (χ2n) is 7.19. The Morgan fingerprint density at radius 1 is 0.906 bits per heavy atom. The zero-order valence-corrected chi connectivity index (χ0v) is 16.9. The molecule has 0 saturated carbocycles. The van der Waals surface area contributed by atoms with Gasteiger partial charge in [0, 0.05) is 5.56 Å². The van der Waals surface area contributed by atoms with Gasteiger partial charge in [-0.1, -0.05) is 42.5 Å². The molecule has 32 heavy (non-hydrogen) atoms. The predicted molar refractivity (Wildman–Crippen MR) is 113 cm³/mol. The molecule has 1 N–H and O–H groups in total. The molecule has 0 aliphatic heterocycles. The molecule has 3 aromatic carbocycles. The summed E-state index contributed by atoms with van der Waals surface area (Å²) in [5.41, 5.74) is 1.91. The minimum atomic E-state index is -1.08. The molecule has 0 aliphatic carbocycles. The Hall–Kier alpha value is -3.62. The van der Waals surface area contributed by atoms with E-state index in [9.17, 15) is 18.7 Å². The molecule has 0 aliphatic rings. The molecule has 164 valence electrons. The largest absolute Gasteiger partial charge is 0.437 e. The van der Waals surface area contributed by atoms with Crippen molar-refractivity contribution in [2.24, 2.45) is 0 Å². The van der Waals surface area contributed by atoms with E-state index >= 15 is 0 Å². The molecule has 0 bridgehead atoms. The smallest absolute Gasteiger partial charge is 0.389 e. The van der Waals surface area contributed by atoms with Gasteiger partial charge in [-0.3, -0.25) is 0 Å². The monoisotopic (exact) mass is 438 g/mol. The van der Waals surface area contributed by atoms with Crippen molar-refractivity contribution in [2.45, 2.75) is 18.8 Å². The van der Waals surface area contributed by atoms with E-state index in [4.69, 9.17) is 9.15 Å². The third kappa shape index (κ3) is 5.16. The van der Waals surface area contributed by atoms with Gasteiger partial charge in [0.05, 0.1) is 19.3 Å². The lowest BCUT2D eigenvalue weighted by atomic mass is 10.0. The van der Waals surface area contributed by atoms with Crippen LogP contribution >= 0.6 is 0 Å². The summed E-state index contributed by atoms with van der Waals surface area (Å²) < 4.78 is 38.8. The van der Waals surface area contributed by atoms with Crippen molar-refractivity contribution in [1.82, 2.24) is 9.78 Å². The highest BCUT2D eigenvalue weighted by atomic mass is 19.1. The van der Waals surface area contributed by atoms with Gasteiger partial charge in [-0.25, -0.2) is 13.6 Å². The Morgan fingerprint density at radius 3 is 2.03 bits per heavy atom. The van der Waals surface area contributed by atoms with E-state index in [1.165, 1.54) is 24.3 Å². The molecule has 0 fully saturated rings. The van der Waals surface area contributed by atoms with E-state index in [2.05, 4.69) is 5.10 Å². The number of halogens is 2. The van der Waals surface area contributed by atoms with Crippen LogP contribution < -0.4 is 5.76 Å². The van der Waals surface area contributed by atoms with Crippen LogP contribution in [0.15, 0.2) is 88.1 Å². The van der Waals surface area contributed by atoms with Crippen molar-refractivity contribution in [3.05, 3.63) is 112 Å². The molecule has 4 aromatic rings. The number of aromatic nitrogens is 2. The fraction of sp³-hybridized carbons (Fsp3) is 0.167. The molecule has 0 saturated heterocycles. The second kappa shape index (κ2) is 9.67. The highest BCUT2D eigenvalue weighted by Gasteiger charge is 2.19. The van der Waals surface area contributed by atoms with Gasteiger partial charge in [0.15, 0.2) is 0 Å². The number of hydrogen-bond acceptors (Lipinski definition) is 5. The summed E-state index contributed by atoms with van der Waals surface area (Å²) in [4.78, 5) is 12.1. The standard InChI is InChI=1S/C24H20F2N2O4/c25-19-10-6-16(7-11-19)22(17-8-12-20(26)13-9-17)31-15-21(29)14-28-24(30)32-23(27-28)18-4-2-1-3-5-18/h1-13,21-22,29H,14-15H2. The first-order valence-electron chi connectivity index (χ1n) is 9.93. The molecule has 8 heteroatoms. The summed E-state index contributed by atoms with van der Waals surface area (Å²) in [7, 11) is 0. The van der Waals surface area contributed by atoms with Crippen LogP contribution in [0.2, 0.25) is 0 Å². The van der Waals surface area contributed by atoms with Crippen molar-refractivity contribution in [2.75, 3.05) is 6.61 Å². The highest BCUT2D eigenvalue weighted by molar-refractivity contribution is 5.51. The molecule has 1 aromatic heterocycles. The summed E-state index contributed by atoms with van der Waals surface area (Å²) in [6, 6.07) is 20.4. The Bertz CT molecular complexity index is 1160. The second-order valence-corrected chi connectivity index (χ2v) is 7.19. The van der Waals surface area contributed by atoms with Crippen molar-refractivity contribution in [1.29, 1.82) is 0 Å². The Labute approximate surface area is 182 Å². The molecule has 1 atom stereocenters. The minimum absolute atomic E-state index is 0.144. The first kappa shape index (κ1) is 21.6. The number of aliphatic hydroxyl groups is 1. The maximum Gasteiger partial charge on any atom is 0.437 e. The molecule has 0 spiro atoms. The number of hydrogen-bond donors (Lipinski definition) is 1. The van der Waals surface area contributed by atoms with Crippen molar-refractivity contribution >= 4 is 0 Å². The van der Waals surface area contributed by atoms with Crippen LogP contribution in [0.4, 0.5) is 8.78 Å². The van der Waals surface area contributed by atoms with E-state index < -0.39 is 29.6 Å². The summed E-state index contributed by atoms with van der Waals surface area (Å²) in [5.74, 6) is -1.34. The van der Waals surface area contributed by atoms with Crippen LogP contribution in [0.1, 0.15) is 17.2 Å². The quantitative estimate of drug-likeness (QED) is 0.451. The van der Waals surface area contributed by atoms with E-state index in [1.807, 2.05) is 6.07 Å². The fourth-order valence-corrected chi connectivity index (χ4v) is 3.24. The van der Waals surface area contributed by atoms with Gasteiger partial charge >= 0.3 is 5.76 Å². The number of rotatable bonds is 8. The minimum Gasteiger partial charge on any atom is -0.389 e. The van der Waals surface area contributed by atoms with E-state index in [0.29, 0.717) is 16.7 Å². The third-order valence-corrected chi connectivity index (χ3v) is 4.81. The maximum absolute atomic E-state index is 13.3. The summed E-state index contributed by atoms with van der Waals surface area (Å²) in [6.45, 7) is -0.298. The van der Waals surface area contributed by atoms with Crippen LogP contribution in [-0.2, 0) is 11.3 Å².